The lowest BCUT2D eigenvalue weighted by Gasteiger charge is -2.13. The quantitative estimate of drug-likeness (QED) is 0.727. The summed E-state index contributed by atoms with van der Waals surface area (Å²) in [6, 6.07) is 7.59. The number of methoxy groups -OCH3 is 1. The van der Waals surface area contributed by atoms with Gasteiger partial charge >= 0.3 is 0 Å². The maximum atomic E-state index is 5.50. The van der Waals surface area contributed by atoms with Crippen LogP contribution in [0, 0.1) is 0 Å². The highest BCUT2D eigenvalue weighted by molar-refractivity contribution is 5.38. The summed E-state index contributed by atoms with van der Waals surface area (Å²) in [4.78, 5) is 0. The first-order valence-corrected chi connectivity index (χ1v) is 6.58. The Balaban J connectivity index is 2.22. The average molecular weight is 277 g/mol. The Hall–Kier alpha value is -1.92. The summed E-state index contributed by atoms with van der Waals surface area (Å²) in [7, 11) is 1.63. The Kier molecular flexibility index (Phi) is 5.09. The van der Waals surface area contributed by atoms with Crippen molar-refractivity contribution >= 4 is 0 Å². The molecule has 0 bridgehead atoms. The zero-order valence-corrected chi connectivity index (χ0v) is 11.9. The first-order chi connectivity index (χ1) is 9.78. The Morgan fingerprint density at radius 2 is 1.95 bits per heavy atom. The van der Waals surface area contributed by atoms with Crippen molar-refractivity contribution in [3.05, 3.63) is 36.2 Å². The molecule has 0 aliphatic carbocycles. The van der Waals surface area contributed by atoms with E-state index in [1.54, 1.807) is 18.0 Å². The van der Waals surface area contributed by atoms with E-state index in [0.717, 1.165) is 11.4 Å². The van der Waals surface area contributed by atoms with Crippen LogP contribution >= 0.6 is 0 Å². The minimum atomic E-state index is -0.482. The highest BCUT2D eigenvalue weighted by Crippen LogP contribution is 2.19. The maximum Gasteiger partial charge on any atom is 0.204 e. The topological polar surface area (TPSA) is 58.4 Å². The Bertz CT molecular complexity index is 536. The molecular weight excluding hydrogens is 258 g/mol. The van der Waals surface area contributed by atoms with Crippen LogP contribution in [0.15, 0.2) is 30.5 Å². The molecule has 0 saturated carbocycles. The molecule has 1 aromatic heterocycles. The molecule has 1 aromatic carbocycles. The van der Waals surface area contributed by atoms with Gasteiger partial charge in [0.1, 0.15) is 11.4 Å². The molecule has 0 aliphatic rings. The van der Waals surface area contributed by atoms with Gasteiger partial charge in [-0.1, -0.05) is 11.3 Å². The largest absolute Gasteiger partial charge is 0.497 e. The van der Waals surface area contributed by atoms with Crippen LogP contribution in [-0.2, 0) is 9.47 Å². The van der Waals surface area contributed by atoms with Crippen molar-refractivity contribution in [3.63, 3.8) is 0 Å². The van der Waals surface area contributed by atoms with Gasteiger partial charge in [-0.25, -0.2) is 4.68 Å². The van der Waals surface area contributed by atoms with Crippen LogP contribution in [-0.4, -0.2) is 35.3 Å². The molecule has 2 rings (SSSR count). The van der Waals surface area contributed by atoms with Crippen LogP contribution in [0.2, 0.25) is 0 Å². The van der Waals surface area contributed by atoms with Gasteiger partial charge in [-0.15, -0.1) is 5.10 Å². The zero-order valence-electron chi connectivity index (χ0n) is 11.9. The monoisotopic (exact) mass is 277 g/mol. The summed E-state index contributed by atoms with van der Waals surface area (Å²) < 4.78 is 17.9. The molecular formula is C14H19N3O3. The van der Waals surface area contributed by atoms with Gasteiger partial charge in [0, 0.05) is 19.3 Å². The van der Waals surface area contributed by atoms with E-state index in [4.69, 9.17) is 14.2 Å². The Morgan fingerprint density at radius 1 is 1.20 bits per heavy atom. The second kappa shape index (κ2) is 7.02. The van der Waals surface area contributed by atoms with Crippen molar-refractivity contribution < 1.29 is 14.2 Å². The predicted molar refractivity (Wildman–Crippen MR) is 73.9 cm³/mol. The molecule has 1 heterocycles. The van der Waals surface area contributed by atoms with Crippen LogP contribution in [0.25, 0.3) is 5.69 Å². The van der Waals surface area contributed by atoms with Gasteiger partial charge in [0.25, 0.3) is 0 Å². The molecule has 0 aliphatic heterocycles. The average Bonchev–Trinajstić information content (AvgIpc) is 2.97. The lowest BCUT2D eigenvalue weighted by Crippen LogP contribution is -2.09. The van der Waals surface area contributed by atoms with E-state index in [1.165, 1.54) is 0 Å². The standard InChI is InChI=1S/C14H19N3O3/c1-4-19-14(20-5-2)13-10-17(16-15-13)11-7-6-8-12(9-11)18-3/h6-10,14H,4-5H2,1-3H3. The van der Waals surface area contributed by atoms with Crippen LogP contribution in [0.4, 0.5) is 0 Å². The second-order valence-corrected chi connectivity index (χ2v) is 4.03. The normalized spacial score (nSPS) is 11.0. The molecule has 0 atom stereocenters. The van der Waals surface area contributed by atoms with Gasteiger partial charge in [0.05, 0.1) is 19.0 Å². The number of ether oxygens (including phenoxy) is 3. The summed E-state index contributed by atoms with van der Waals surface area (Å²) in [6.07, 6.45) is 1.31. The van der Waals surface area contributed by atoms with E-state index in [-0.39, 0.29) is 0 Å². The fraction of sp³-hybridized carbons (Fsp3) is 0.429. The number of aromatic nitrogens is 3. The molecule has 0 fully saturated rings. The van der Waals surface area contributed by atoms with Crippen LogP contribution < -0.4 is 4.74 Å². The molecule has 0 amide bonds. The van der Waals surface area contributed by atoms with E-state index < -0.39 is 6.29 Å². The van der Waals surface area contributed by atoms with E-state index in [2.05, 4.69) is 10.3 Å². The number of hydrogen-bond donors (Lipinski definition) is 0. The molecule has 0 N–H and O–H groups in total. The van der Waals surface area contributed by atoms with E-state index in [1.807, 2.05) is 38.1 Å². The third kappa shape index (κ3) is 3.34. The van der Waals surface area contributed by atoms with Crippen LogP contribution in [0.1, 0.15) is 25.8 Å². The third-order valence-electron chi connectivity index (χ3n) is 2.71. The van der Waals surface area contributed by atoms with Gasteiger partial charge in [0.2, 0.25) is 6.29 Å². The summed E-state index contributed by atoms with van der Waals surface area (Å²) in [5, 5.41) is 8.21. The van der Waals surface area contributed by atoms with E-state index in [0.29, 0.717) is 18.9 Å². The fourth-order valence-electron chi connectivity index (χ4n) is 1.79. The predicted octanol–water partition coefficient (Wildman–Crippen LogP) is 2.35. The first-order valence-electron chi connectivity index (χ1n) is 6.58. The Morgan fingerprint density at radius 3 is 2.60 bits per heavy atom. The lowest BCUT2D eigenvalue weighted by atomic mass is 10.3. The first kappa shape index (κ1) is 14.5. The van der Waals surface area contributed by atoms with Crippen molar-refractivity contribution in [2.24, 2.45) is 0 Å². The maximum absolute atomic E-state index is 5.50. The van der Waals surface area contributed by atoms with Crippen molar-refractivity contribution in [2.45, 2.75) is 20.1 Å². The summed E-state index contributed by atoms with van der Waals surface area (Å²) in [6.45, 7) is 4.93. The highest BCUT2D eigenvalue weighted by Gasteiger charge is 2.16. The number of benzene rings is 1. The number of rotatable bonds is 7. The van der Waals surface area contributed by atoms with E-state index >= 15 is 0 Å². The summed E-state index contributed by atoms with van der Waals surface area (Å²) in [5.74, 6) is 0.769. The fourth-order valence-corrected chi connectivity index (χ4v) is 1.79. The smallest absolute Gasteiger partial charge is 0.204 e. The van der Waals surface area contributed by atoms with Gasteiger partial charge in [0.15, 0.2) is 0 Å². The van der Waals surface area contributed by atoms with Crippen molar-refractivity contribution in [1.29, 1.82) is 0 Å². The molecule has 0 saturated heterocycles. The summed E-state index contributed by atoms with van der Waals surface area (Å²) in [5.41, 5.74) is 1.52. The van der Waals surface area contributed by atoms with Gasteiger partial charge < -0.3 is 14.2 Å². The third-order valence-corrected chi connectivity index (χ3v) is 2.71. The molecule has 20 heavy (non-hydrogen) atoms. The molecule has 0 spiro atoms. The van der Waals surface area contributed by atoms with Gasteiger partial charge in [-0.05, 0) is 26.0 Å². The molecule has 0 radical (unpaired) electrons. The zero-order chi connectivity index (χ0) is 14.4. The van der Waals surface area contributed by atoms with Crippen molar-refractivity contribution in [3.8, 4) is 11.4 Å². The van der Waals surface area contributed by atoms with Crippen LogP contribution in [0.3, 0.4) is 0 Å². The second-order valence-electron chi connectivity index (χ2n) is 4.03. The summed E-state index contributed by atoms with van der Waals surface area (Å²) >= 11 is 0. The lowest BCUT2D eigenvalue weighted by molar-refractivity contribution is -0.142. The van der Waals surface area contributed by atoms with Crippen molar-refractivity contribution in [1.82, 2.24) is 15.0 Å². The highest BCUT2D eigenvalue weighted by atomic mass is 16.7. The van der Waals surface area contributed by atoms with Gasteiger partial charge in [-0.2, -0.15) is 0 Å². The molecule has 108 valence electrons. The molecule has 0 unspecified atom stereocenters. The Labute approximate surface area is 118 Å². The van der Waals surface area contributed by atoms with Gasteiger partial charge in [-0.3, -0.25) is 0 Å². The number of hydrogen-bond acceptors (Lipinski definition) is 5. The van der Waals surface area contributed by atoms with Crippen LogP contribution in [0.5, 0.6) is 5.75 Å². The van der Waals surface area contributed by atoms with E-state index in [9.17, 15) is 0 Å². The molecule has 6 nitrogen and oxygen atoms in total. The molecule has 6 heteroatoms. The minimum absolute atomic E-state index is 0.482. The SMILES string of the molecule is CCOC(OCC)c1cn(-c2cccc(OC)c2)nn1. The number of nitrogens with zero attached hydrogens (tertiary/aromatic N) is 3. The van der Waals surface area contributed by atoms with Crippen molar-refractivity contribution in [2.75, 3.05) is 20.3 Å². The molecule has 2 aromatic rings. The minimum Gasteiger partial charge on any atom is -0.497 e.